The normalized spacial score (nSPS) is 16.7. The van der Waals surface area contributed by atoms with E-state index in [0.29, 0.717) is 31.6 Å². The zero-order valence-electron chi connectivity index (χ0n) is 16.2. The van der Waals surface area contributed by atoms with Gasteiger partial charge in [-0.3, -0.25) is 9.59 Å². The van der Waals surface area contributed by atoms with Gasteiger partial charge in [-0.1, -0.05) is 24.3 Å². The maximum absolute atomic E-state index is 13.3. The quantitative estimate of drug-likeness (QED) is 0.685. The van der Waals surface area contributed by atoms with E-state index in [-0.39, 0.29) is 23.5 Å². The topological polar surface area (TPSA) is 65.2 Å². The number of piperidine rings is 1. The first-order valence-electron chi connectivity index (χ1n) is 9.99. The predicted molar refractivity (Wildman–Crippen MR) is 111 cm³/mol. The van der Waals surface area contributed by atoms with Crippen LogP contribution in [0.15, 0.2) is 54.7 Å². The molecule has 4 rings (SSSR count). The number of rotatable bonds is 5. The van der Waals surface area contributed by atoms with Gasteiger partial charge >= 0.3 is 0 Å². The average Bonchev–Trinajstić information content (AvgIpc) is 3.15. The second kappa shape index (κ2) is 8.47. The summed E-state index contributed by atoms with van der Waals surface area (Å²) in [6, 6.07) is 13.9. The van der Waals surface area contributed by atoms with Gasteiger partial charge in [-0.2, -0.15) is 0 Å². The largest absolute Gasteiger partial charge is 0.361 e. The van der Waals surface area contributed by atoms with Gasteiger partial charge in [0, 0.05) is 42.3 Å². The number of likely N-dealkylation sites (tertiary alicyclic amines) is 1. The van der Waals surface area contributed by atoms with Crippen molar-refractivity contribution in [3.8, 4) is 0 Å². The number of fused-ring (bicyclic) bond motifs is 1. The lowest BCUT2D eigenvalue weighted by molar-refractivity contribution is -0.134. The van der Waals surface area contributed by atoms with Crippen molar-refractivity contribution in [3.05, 3.63) is 66.1 Å². The Kier molecular flexibility index (Phi) is 5.60. The van der Waals surface area contributed by atoms with Gasteiger partial charge in [0.05, 0.1) is 5.92 Å². The Bertz CT molecular complexity index is 1030. The van der Waals surface area contributed by atoms with Crippen molar-refractivity contribution in [1.82, 2.24) is 9.88 Å². The van der Waals surface area contributed by atoms with Gasteiger partial charge in [0.2, 0.25) is 11.8 Å². The molecule has 1 aliphatic rings. The molecule has 150 valence electrons. The van der Waals surface area contributed by atoms with Gasteiger partial charge in [0.1, 0.15) is 5.82 Å². The second-order valence-electron chi connectivity index (χ2n) is 7.54. The average molecular weight is 393 g/mol. The lowest BCUT2D eigenvalue weighted by atomic mass is 9.96. The second-order valence-corrected chi connectivity index (χ2v) is 7.54. The number of anilines is 1. The molecule has 2 N–H and O–H groups in total. The fraction of sp³-hybridized carbons (Fsp3) is 0.304. The number of carbonyl (C=O) groups excluding carboxylic acids is 2. The molecule has 6 heteroatoms. The molecule has 5 nitrogen and oxygen atoms in total. The number of amides is 2. The number of carbonyl (C=O) groups is 2. The third kappa shape index (κ3) is 4.47. The third-order valence-corrected chi connectivity index (χ3v) is 5.52. The Morgan fingerprint density at radius 3 is 2.90 bits per heavy atom. The highest BCUT2D eigenvalue weighted by atomic mass is 19.1. The number of halogens is 1. The van der Waals surface area contributed by atoms with E-state index < -0.39 is 0 Å². The van der Waals surface area contributed by atoms with Crippen molar-refractivity contribution in [1.29, 1.82) is 0 Å². The number of H-pyrrole nitrogens is 1. The molecule has 0 aliphatic carbocycles. The van der Waals surface area contributed by atoms with Gasteiger partial charge in [-0.15, -0.1) is 0 Å². The van der Waals surface area contributed by atoms with Crippen LogP contribution in [-0.4, -0.2) is 34.8 Å². The smallest absolute Gasteiger partial charge is 0.229 e. The highest BCUT2D eigenvalue weighted by Crippen LogP contribution is 2.22. The first-order valence-corrected chi connectivity index (χ1v) is 9.99. The molecule has 1 atom stereocenters. The maximum Gasteiger partial charge on any atom is 0.229 e. The summed E-state index contributed by atoms with van der Waals surface area (Å²) < 4.78 is 13.3. The van der Waals surface area contributed by atoms with Crippen LogP contribution in [0, 0.1) is 11.7 Å². The fourth-order valence-electron chi connectivity index (χ4n) is 3.97. The molecule has 2 heterocycles. The van der Waals surface area contributed by atoms with Crippen LogP contribution < -0.4 is 5.32 Å². The number of aromatic nitrogens is 1. The summed E-state index contributed by atoms with van der Waals surface area (Å²) in [6.07, 6.45) is 4.57. The minimum absolute atomic E-state index is 0.0681. The Balaban J connectivity index is 1.34. The Labute approximate surface area is 168 Å². The number of hydrogen-bond acceptors (Lipinski definition) is 2. The molecule has 2 aromatic carbocycles. The third-order valence-electron chi connectivity index (χ3n) is 5.52. The molecule has 1 aliphatic heterocycles. The van der Waals surface area contributed by atoms with Crippen LogP contribution in [0.1, 0.15) is 24.8 Å². The highest BCUT2D eigenvalue weighted by molar-refractivity contribution is 5.93. The van der Waals surface area contributed by atoms with E-state index in [4.69, 9.17) is 0 Å². The molecule has 2 amide bonds. The molecule has 1 aromatic heterocycles. The number of nitrogens with zero attached hydrogens (tertiary/aromatic N) is 1. The Hall–Kier alpha value is -3.15. The molecule has 1 fully saturated rings. The maximum atomic E-state index is 13.3. The summed E-state index contributed by atoms with van der Waals surface area (Å²) in [5, 5.41) is 3.91. The number of aromatic amines is 1. The predicted octanol–water partition coefficient (Wildman–Crippen LogP) is 4.12. The molecule has 1 saturated heterocycles. The summed E-state index contributed by atoms with van der Waals surface area (Å²) in [5.41, 5.74) is 2.64. The Morgan fingerprint density at radius 2 is 2.03 bits per heavy atom. The van der Waals surface area contributed by atoms with E-state index in [1.54, 1.807) is 17.0 Å². The van der Waals surface area contributed by atoms with Gasteiger partial charge in [-0.25, -0.2) is 4.39 Å². The van der Waals surface area contributed by atoms with Crippen molar-refractivity contribution >= 4 is 28.4 Å². The standard InChI is InChI=1S/C23H24FN3O2/c24-18-6-3-7-19(13-18)26-23(29)17-5-4-12-27(15-17)22(28)11-10-16-14-25-21-9-2-1-8-20(16)21/h1-3,6-9,13-14,17,25H,4-5,10-12,15H2,(H,26,29)/t17-/m0/s1. The van der Waals surface area contributed by atoms with Crippen LogP contribution >= 0.6 is 0 Å². The van der Waals surface area contributed by atoms with E-state index in [1.807, 2.05) is 24.4 Å². The van der Waals surface area contributed by atoms with E-state index >= 15 is 0 Å². The summed E-state index contributed by atoms with van der Waals surface area (Å²) in [4.78, 5) is 30.3. The van der Waals surface area contributed by atoms with Crippen LogP contribution in [-0.2, 0) is 16.0 Å². The number of aryl methyl sites for hydroxylation is 1. The van der Waals surface area contributed by atoms with Crippen molar-refractivity contribution in [2.75, 3.05) is 18.4 Å². The monoisotopic (exact) mass is 393 g/mol. The first kappa shape index (κ1) is 19.2. The minimum atomic E-state index is -0.388. The molecular formula is C23H24FN3O2. The minimum Gasteiger partial charge on any atom is -0.361 e. The number of nitrogens with one attached hydrogen (secondary N) is 2. The lowest BCUT2D eigenvalue weighted by Crippen LogP contribution is -2.43. The van der Waals surface area contributed by atoms with E-state index in [1.165, 1.54) is 12.1 Å². The van der Waals surface area contributed by atoms with Crippen molar-refractivity contribution in [3.63, 3.8) is 0 Å². The van der Waals surface area contributed by atoms with Gasteiger partial charge in [0.15, 0.2) is 0 Å². The summed E-state index contributed by atoms with van der Waals surface area (Å²) in [7, 11) is 0. The number of benzene rings is 2. The van der Waals surface area contributed by atoms with Gasteiger partial charge in [0.25, 0.3) is 0 Å². The molecule has 0 bridgehead atoms. The molecule has 3 aromatic rings. The molecule has 0 radical (unpaired) electrons. The summed E-state index contributed by atoms with van der Waals surface area (Å²) in [5.74, 6) is -0.757. The lowest BCUT2D eigenvalue weighted by Gasteiger charge is -2.32. The van der Waals surface area contributed by atoms with Crippen molar-refractivity contribution in [2.45, 2.75) is 25.7 Å². The van der Waals surface area contributed by atoms with Crippen molar-refractivity contribution < 1.29 is 14.0 Å². The fourth-order valence-corrected chi connectivity index (χ4v) is 3.97. The molecule has 0 spiro atoms. The number of hydrogen-bond donors (Lipinski definition) is 2. The van der Waals surface area contributed by atoms with Gasteiger partial charge in [-0.05, 0) is 49.1 Å². The van der Waals surface area contributed by atoms with E-state index in [9.17, 15) is 14.0 Å². The summed E-state index contributed by atoms with van der Waals surface area (Å²) in [6.45, 7) is 1.09. The zero-order valence-corrected chi connectivity index (χ0v) is 16.2. The van der Waals surface area contributed by atoms with E-state index in [0.717, 1.165) is 29.3 Å². The first-order chi connectivity index (χ1) is 14.1. The number of para-hydroxylation sites is 1. The summed E-state index contributed by atoms with van der Waals surface area (Å²) >= 11 is 0. The Morgan fingerprint density at radius 1 is 1.17 bits per heavy atom. The van der Waals surface area contributed by atoms with Crippen LogP contribution in [0.3, 0.4) is 0 Å². The van der Waals surface area contributed by atoms with Gasteiger partial charge < -0.3 is 15.2 Å². The van der Waals surface area contributed by atoms with Crippen LogP contribution in [0.4, 0.5) is 10.1 Å². The molecule has 0 unspecified atom stereocenters. The zero-order chi connectivity index (χ0) is 20.2. The highest BCUT2D eigenvalue weighted by Gasteiger charge is 2.28. The molecular weight excluding hydrogens is 369 g/mol. The molecule has 0 saturated carbocycles. The van der Waals surface area contributed by atoms with Crippen molar-refractivity contribution in [2.24, 2.45) is 5.92 Å². The van der Waals surface area contributed by atoms with Crippen LogP contribution in [0.25, 0.3) is 10.9 Å². The van der Waals surface area contributed by atoms with E-state index in [2.05, 4.69) is 16.4 Å². The van der Waals surface area contributed by atoms with Crippen LogP contribution in [0.2, 0.25) is 0 Å². The molecule has 29 heavy (non-hydrogen) atoms. The SMILES string of the molecule is O=C(Nc1cccc(F)c1)[C@H]1CCCN(C(=O)CCc2c[nH]c3ccccc23)C1. The van der Waals surface area contributed by atoms with Crippen LogP contribution in [0.5, 0.6) is 0 Å².